The Morgan fingerprint density at radius 3 is 2.66 bits per heavy atom. The summed E-state index contributed by atoms with van der Waals surface area (Å²) in [7, 11) is 3.14. The summed E-state index contributed by atoms with van der Waals surface area (Å²) in [5, 5.41) is 8.43. The summed E-state index contributed by atoms with van der Waals surface area (Å²) < 4.78 is 24.4. The lowest BCUT2D eigenvalue weighted by Crippen LogP contribution is -2.41. The van der Waals surface area contributed by atoms with E-state index in [1.54, 1.807) is 24.1 Å². The van der Waals surface area contributed by atoms with Crippen LogP contribution in [-0.4, -0.2) is 71.9 Å². The van der Waals surface area contributed by atoms with Crippen molar-refractivity contribution in [2.45, 2.75) is 25.4 Å². The number of ether oxygens (including phenoxy) is 4. The van der Waals surface area contributed by atoms with Crippen molar-refractivity contribution in [3.63, 3.8) is 0 Å². The van der Waals surface area contributed by atoms with Gasteiger partial charge in [0.1, 0.15) is 17.9 Å². The molecule has 0 N–H and O–H groups in total. The first-order valence-electron chi connectivity index (χ1n) is 14.4. The average Bonchev–Trinajstić information content (AvgIpc) is 3.66. The Bertz CT molecular complexity index is 1730. The van der Waals surface area contributed by atoms with E-state index in [0.29, 0.717) is 48.7 Å². The predicted octanol–water partition coefficient (Wildman–Crippen LogP) is 5.32. The number of methoxy groups -OCH3 is 2. The molecule has 6 rings (SSSR count). The summed E-state index contributed by atoms with van der Waals surface area (Å²) in [5.74, 6) is 1.32. The van der Waals surface area contributed by atoms with Crippen LogP contribution >= 0.6 is 0 Å². The fraction of sp³-hybridized carbons (Fsp3) is 0.273. The second-order valence-corrected chi connectivity index (χ2v) is 10.5. The Morgan fingerprint density at radius 1 is 1.07 bits per heavy atom. The van der Waals surface area contributed by atoms with Gasteiger partial charge in [-0.25, -0.2) is 9.48 Å². The van der Waals surface area contributed by atoms with Gasteiger partial charge in [-0.15, -0.1) is 5.10 Å². The molecule has 3 heterocycles. The summed E-state index contributed by atoms with van der Waals surface area (Å²) in [6.07, 6.45) is 4.00. The maximum atomic E-state index is 14.0. The highest BCUT2D eigenvalue weighted by Gasteiger charge is 2.40. The summed E-state index contributed by atoms with van der Waals surface area (Å²) >= 11 is 0. The van der Waals surface area contributed by atoms with Crippen molar-refractivity contribution in [3.05, 3.63) is 90.6 Å². The highest BCUT2D eigenvalue weighted by Crippen LogP contribution is 2.41. The summed E-state index contributed by atoms with van der Waals surface area (Å²) in [6, 6.07) is 18.5. The number of nitrogens with zero attached hydrogens (tertiary/aromatic N) is 5. The quantitative estimate of drug-likeness (QED) is 0.179. The molecule has 3 aromatic carbocycles. The molecule has 0 aliphatic carbocycles. The molecule has 44 heavy (non-hydrogen) atoms. The Kier molecular flexibility index (Phi) is 8.18. The monoisotopic (exact) mass is 595 g/mol. The van der Waals surface area contributed by atoms with Crippen LogP contribution in [0.2, 0.25) is 0 Å². The predicted molar refractivity (Wildman–Crippen MR) is 165 cm³/mol. The summed E-state index contributed by atoms with van der Waals surface area (Å²) in [5.41, 5.74) is 4.46. The minimum Gasteiger partial charge on any atom is -0.497 e. The molecule has 11 nitrogen and oxygen atoms in total. The second kappa shape index (κ2) is 12.5. The van der Waals surface area contributed by atoms with Crippen LogP contribution in [0.25, 0.3) is 16.6 Å². The smallest absolute Gasteiger partial charge is 0.414 e. The first kappa shape index (κ1) is 28.8. The Balaban J connectivity index is 1.27. The number of anilines is 1. The number of rotatable bonds is 10. The number of carbonyl (C=O) groups excluding carboxylic acids is 2. The molecule has 11 heteroatoms. The van der Waals surface area contributed by atoms with Crippen molar-refractivity contribution < 1.29 is 28.5 Å². The number of benzene rings is 3. The number of aromatic nitrogens is 3. The fourth-order valence-corrected chi connectivity index (χ4v) is 5.58. The number of aryl methyl sites for hydroxylation is 1. The minimum absolute atomic E-state index is 0.0405. The van der Waals surface area contributed by atoms with Crippen molar-refractivity contribution in [1.82, 2.24) is 19.9 Å². The summed E-state index contributed by atoms with van der Waals surface area (Å²) in [4.78, 5) is 30.6. The lowest BCUT2D eigenvalue weighted by Gasteiger charge is -2.26. The van der Waals surface area contributed by atoms with Crippen LogP contribution < -0.4 is 19.1 Å². The molecule has 2 aliphatic rings. The Morgan fingerprint density at radius 2 is 1.89 bits per heavy atom. The molecule has 0 saturated heterocycles. The van der Waals surface area contributed by atoms with Gasteiger partial charge >= 0.3 is 6.09 Å². The number of amides is 2. The van der Waals surface area contributed by atoms with E-state index in [9.17, 15) is 9.59 Å². The van der Waals surface area contributed by atoms with Crippen molar-refractivity contribution in [2.24, 2.45) is 0 Å². The van der Waals surface area contributed by atoms with Crippen molar-refractivity contribution >= 4 is 34.3 Å². The molecule has 0 saturated carbocycles. The number of carbonyl (C=O) groups is 2. The van der Waals surface area contributed by atoms with Gasteiger partial charge in [0.25, 0.3) is 5.91 Å². The molecular weight excluding hydrogens is 562 g/mol. The number of fused-ring (bicyclic) bond motifs is 3. The van der Waals surface area contributed by atoms with Crippen LogP contribution in [-0.2, 0) is 11.3 Å². The fourth-order valence-electron chi connectivity index (χ4n) is 5.58. The van der Waals surface area contributed by atoms with Gasteiger partial charge in [0.05, 0.1) is 50.2 Å². The highest BCUT2D eigenvalue weighted by atomic mass is 16.6. The second-order valence-electron chi connectivity index (χ2n) is 10.5. The summed E-state index contributed by atoms with van der Waals surface area (Å²) in [6.45, 7) is 4.88. The van der Waals surface area contributed by atoms with Crippen molar-refractivity contribution in [1.29, 1.82) is 0 Å². The number of hydrogen-bond acceptors (Lipinski definition) is 8. The topological polar surface area (TPSA) is 108 Å². The van der Waals surface area contributed by atoms with Gasteiger partial charge in [-0.3, -0.25) is 9.69 Å². The first-order chi connectivity index (χ1) is 21.5. The number of para-hydroxylation sites is 1. The van der Waals surface area contributed by atoms with Gasteiger partial charge in [-0.1, -0.05) is 42.1 Å². The highest BCUT2D eigenvalue weighted by molar-refractivity contribution is 6.07. The third kappa shape index (κ3) is 5.56. The molecule has 2 aliphatic heterocycles. The zero-order valence-corrected chi connectivity index (χ0v) is 24.6. The maximum Gasteiger partial charge on any atom is 0.414 e. The third-order valence-corrected chi connectivity index (χ3v) is 7.77. The van der Waals surface area contributed by atoms with Gasteiger partial charge in [-0.05, 0) is 47.9 Å². The van der Waals surface area contributed by atoms with Gasteiger partial charge in [0, 0.05) is 25.2 Å². The van der Waals surface area contributed by atoms with Crippen LogP contribution in [0, 0.1) is 0 Å². The molecule has 0 spiro atoms. The molecule has 0 bridgehead atoms. The van der Waals surface area contributed by atoms with Gasteiger partial charge in [0.2, 0.25) is 0 Å². The van der Waals surface area contributed by atoms with E-state index in [4.69, 9.17) is 18.9 Å². The Hall–Kier alpha value is -5.32. The molecule has 226 valence electrons. The third-order valence-electron chi connectivity index (χ3n) is 7.77. The maximum absolute atomic E-state index is 14.0. The average molecular weight is 596 g/mol. The molecule has 0 unspecified atom stereocenters. The van der Waals surface area contributed by atoms with Crippen LogP contribution in [0.5, 0.6) is 17.2 Å². The molecule has 2 amide bonds. The zero-order valence-electron chi connectivity index (χ0n) is 24.6. The van der Waals surface area contributed by atoms with Gasteiger partial charge in [-0.2, -0.15) is 0 Å². The van der Waals surface area contributed by atoms with Crippen LogP contribution in [0.15, 0.2) is 79.5 Å². The molecule has 4 aromatic rings. The van der Waals surface area contributed by atoms with Gasteiger partial charge < -0.3 is 23.8 Å². The molecular formula is C33H33N5O6. The van der Waals surface area contributed by atoms with Crippen LogP contribution in [0.1, 0.15) is 28.8 Å². The van der Waals surface area contributed by atoms with Crippen LogP contribution in [0.4, 0.5) is 10.5 Å². The number of hydrogen-bond donors (Lipinski definition) is 0. The molecule has 0 radical (unpaired) electrons. The van der Waals surface area contributed by atoms with Gasteiger partial charge in [0.15, 0.2) is 11.5 Å². The van der Waals surface area contributed by atoms with Crippen LogP contribution in [0.3, 0.4) is 0 Å². The van der Waals surface area contributed by atoms with E-state index in [1.807, 2.05) is 59.4 Å². The van der Waals surface area contributed by atoms with E-state index in [1.165, 1.54) is 18.1 Å². The van der Waals surface area contributed by atoms with E-state index in [2.05, 4.69) is 16.9 Å². The SMILES string of the molecule is C=CCOC(=O)N1C[C@@H]2CC(c3ccc(OC)cc3)=CN2C(=O)c2cc(OC)c(OCCCn3nnc4ccccc43)cc21. The largest absolute Gasteiger partial charge is 0.497 e. The van der Waals surface area contributed by atoms with Crippen molar-refractivity contribution in [3.8, 4) is 17.2 Å². The van der Waals surface area contributed by atoms with E-state index in [-0.39, 0.29) is 25.1 Å². The molecule has 1 aromatic heterocycles. The normalized spacial score (nSPS) is 15.7. The zero-order chi connectivity index (χ0) is 30.6. The first-order valence-corrected chi connectivity index (χ1v) is 14.4. The van der Waals surface area contributed by atoms with Crippen molar-refractivity contribution in [2.75, 3.05) is 38.9 Å². The lowest BCUT2D eigenvalue weighted by molar-refractivity contribution is 0.0794. The van der Waals surface area contributed by atoms with E-state index >= 15 is 0 Å². The van der Waals surface area contributed by atoms with E-state index in [0.717, 1.165) is 27.9 Å². The molecule has 0 fully saturated rings. The molecule has 1 atom stereocenters. The minimum atomic E-state index is -0.576. The Labute approximate surface area is 254 Å². The standard InChI is InChI=1S/C33H33N5O6/c1-4-15-44-33(40)37-21-24-17-23(22-10-12-25(41-2)13-11-22)20-36(24)32(39)26-18-30(42-3)31(19-29(26)37)43-16-7-14-38-28-9-6-5-8-27(28)34-35-38/h4-6,8-13,18-20,24H,1,7,14-17,21H2,2-3H3/t24-/m0/s1. The van der Waals surface area contributed by atoms with E-state index < -0.39 is 6.09 Å². The lowest BCUT2D eigenvalue weighted by atomic mass is 10.0.